The highest BCUT2D eigenvalue weighted by molar-refractivity contribution is 7.13. The molecule has 5 heteroatoms. The van der Waals surface area contributed by atoms with E-state index in [0.29, 0.717) is 6.42 Å². The van der Waals surface area contributed by atoms with Crippen LogP contribution in [0, 0.1) is 0 Å². The molecular weight excluding hydrogens is 378 g/mol. The number of carbonyl (C=O) groups is 1. The Morgan fingerprint density at radius 3 is 2.34 bits per heavy atom. The second kappa shape index (κ2) is 8.47. The molecule has 1 aromatic heterocycles. The maximum absolute atomic E-state index is 12.6. The summed E-state index contributed by atoms with van der Waals surface area (Å²) in [4.78, 5) is 19.2. The van der Waals surface area contributed by atoms with E-state index in [2.05, 4.69) is 74.9 Å². The molecule has 1 amide bonds. The van der Waals surface area contributed by atoms with Crippen LogP contribution < -0.4 is 10.2 Å². The smallest absolute Gasteiger partial charge is 0.220 e. The molecule has 0 radical (unpaired) electrons. The lowest BCUT2D eigenvalue weighted by molar-refractivity contribution is -0.121. The Labute approximate surface area is 179 Å². The minimum Gasteiger partial charge on any atom is -0.352 e. The van der Waals surface area contributed by atoms with Crippen molar-refractivity contribution in [1.29, 1.82) is 0 Å². The normalized spacial score (nSPS) is 17.6. The highest BCUT2D eigenvalue weighted by Crippen LogP contribution is 2.30. The first kappa shape index (κ1) is 21.8. The number of thiazole rings is 1. The van der Waals surface area contributed by atoms with Crippen molar-refractivity contribution in [2.75, 3.05) is 18.0 Å². The second-order valence-corrected chi connectivity index (χ2v) is 11.1. The van der Waals surface area contributed by atoms with Gasteiger partial charge in [-0.05, 0) is 40.4 Å². The van der Waals surface area contributed by atoms with E-state index in [9.17, 15) is 4.79 Å². The van der Waals surface area contributed by atoms with Gasteiger partial charge in [-0.1, -0.05) is 59.7 Å². The quantitative estimate of drug-likeness (QED) is 0.745. The second-order valence-electron chi connectivity index (χ2n) is 10.2. The molecule has 1 N–H and O–H groups in total. The van der Waals surface area contributed by atoms with Gasteiger partial charge in [0, 0.05) is 37.1 Å². The Kier molecular flexibility index (Phi) is 6.37. The van der Waals surface area contributed by atoms with Crippen molar-refractivity contribution in [3.63, 3.8) is 0 Å². The van der Waals surface area contributed by atoms with Crippen LogP contribution in [0.3, 0.4) is 0 Å². The van der Waals surface area contributed by atoms with Crippen molar-refractivity contribution in [1.82, 2.24) is 10.3 Å². The van der Waals surface area contributed by atoms with Gasteiger partial charge in [-0.25, -0.2) is 4.98 Å². The van der Waals surface area contributed by atoms with Gasteiger partial charge < -0.3 is 10.2 Å². The molecule has 0 aliphatic carbocycles. The molecule has 2 heterocycles. The SMILES string of the molecule is CC(C)(C)c1cc(CCC(=O)NC2CCN(c3nccs3)C2)cc(C(C)(C)C)c1. The Balaban J connectivity index is 1.60. The third kappa shape index (κ3) is 5.81. The largest absolute Gasteiger partial charge is 0.352 e. The molecule has 1 unspecified atom stereocenters. The van der Waals surface area contributed by atoms with E-state index >= 15 is 0 Å². The fourth-order valence-electron chi connectivity index (χ4n) is 3.68. The Hall–Kier alpha value is -1.88. The van der Waals surface area contributed by atoms with E-state index in [1.807, 2.05) is 11.6 Å². The average Bonchev–Trinajstić information content (AvgIpc) is 3.29. The molecule has 2 aromatic rings. The van der Waals surface area contributed by atoms with E-state index in [-0.39, 0.29) is 22.8 Å². The van der Waals surface area contributed by atoms with Crippen LogP contribution in [0.4, 0.5) is 5.13 Å². The van der Waals surface area contributed by atoms with Crippen molar-refractivity contribution < 1.29 is 4.79 Å². The maximum Gasteiger partial charge on any atom is 0.220 e. The summed E-state index contributed by atoms with van der Waals surface area (Å²) in [7, 11) is 0. The molecule has 1 aliphatic heterocycles. The Morgan fingerprint density at radius 1 is 1.14 bits per heavy atom. The number of rotatable bonds is 5. The van der Waals surface area contributed by atoms with Crippen LogP contribution in [-0.4, -0.2) is 30.0 Å². The van der Waals surface area contributed by atoms with E-state index in [1.165, 1.54) is 16.7 Å². The van der Waals surface area contributed by atoms with Crippen LogP contribution in [0.25, 0.3) is 0 Å². The first-order valence-corrected chi connectivity index (χ1v) is 11.5. The standard InChI is InChI=1S/C24H35N3OS/c1-23(2,3)18-13-17(14-19(15-18)24(4,5)6)7-8-21(28)26-20-9-11-27(16-20)22-25-10-12-29-22/h10,12-15,20H,7-9,11,16H2,1-6H3,(H,26,28). The number of nitrogens with one attached hydrogen (secondary N) is 1. The summed E-state index contributed by atoms with van der Waals surface area (Å²) < 4.78 is 0. The zero-order chi connectivity index (χ0) is 21.2. The monoisotopic (exact) mass is 413 g/mol. The van der Waals surface area contributed by atoms with Crippen LogP contribution in [0.1, 0.15) is 71.1 Å². The number of aromatic nitrogens is 1. The van der Waals surface area contributed by atoms with Crippen molar-refractivity contribution in [3.8, 4) is 0 Å². The maximum atomic E-state index is 12.6. The zero-order valence-corrected chi connectivity index (χ0v) is 19.5. The molecule has 1 atom stereocenters. The van der Waals surface area contributed by atoms with Crippen molar-refractivity contribution in [3.05, 3.63) is 46.5 Å². The molecule has 1 saturated heterocycles. The van der Waals surface area contributed by atoms with E-state index in [4.69, 9.17) is 0 Å². The molecule has 3 rings (SSSR count). The number of hydrogen-bond donors (Lipinski definition) is 1. The van der Waals surface area contributed by atoms with Crippen LogP contribution >= 0.6 is 11.3 Å². The number of nitrogens with zero attached hydrogens (tertiary/aromatic N) is 2. The van der Waals surface area contributed by atoms with Gasteiger partial charge in [-0.15, -0.1) is 11.3 Å². The molecule has 1 aromatic carbocycles. The lowest BCUT2D eigenvalue weighted by Gasteiger charge is -2.26. The summed E-state index contributed by atoms with van der Waals surface area (Å²) in [5.74, 6) is 0.148. The van der Waals surface area contributed by atoms with Crippen molar-refractivity contribution in [2.24, 2.45) is 0 Å². The number of anilines is 1. The van der Waals surface area contributed by atoms with E-state index < -0.39 is 0 Å². The molecule has 1 aliphatic rings. The van der Waals surface area contributed by atoms with Gasteiger partial charge in [-0.3, -0.25) is 4.79 Å². The first-order valence-electron chi connectivity index (χ1n) is 10.6. The molecule has 0 spiro atoms. The fraction of sp³-hybridized carbons (Fsp3) is 0.583. The minimum atomic E-state index is 0.0986. The Bertz CT molecular complexity index is 799. The predicted octanol–water partition coefficient (Wildman–Crippen LogP) is 5.07. The highest BCUT2D eigenvalue weighted by Gasteiger charge is 2.25. The zero-order valence-electron chi connectivity index (χ0n) is 18.7. The predicted molar refractivity (Wildman–Crippen MR) is 123 cm³/mol. The van der Waals surface area contributed by atoms with E-state index in [0.717, 1.165) is 31.1 Å². The van der Waals surface area contributed by atoms with Gasteiger partial charge in [0.2, 0.25) is 5.91 Å². The van der Waals surface area contributed by atoms with Crippen LogP contribution in [0.2, 0.25) is 0 Å². The van der Waals surface area contributed by atoms with Gasteiger partial charge in [0.15, 0.2) is 5.13 Å². The van der Waals surface area contributed by atoms with Crippen LogP contribution in [0.15, 0.2) is 29.8 Å². The van der Waals surface area contributed by atoms with Gasteiger partial charge in [0.1, 0.15) is 0 Å². The number of amides is 1. The third-order valence-electron chi connectivity index (χ3n) is 5.61. The first-order chi connectivity index (χ1) is 13.5. The highest BCUT2D eigenvalue weighted by atomic mass is 32.1. The van der Waals surface area contributed by atoms with Gasteiger partial charge in [-0.2, -0.15) is 0 Å². The number of benzene rings is 1. The van der Waals surface area contributed by atoms with Crippen LogP contribution in [0.5, 0.6) is 0 Å². The number of aryl methyl sites for hydroxylation is 1. The molecule has 0 saturated carbocycles. The summed E-state index contributed by atoms with van der Waals surface area (Å²) in [5, 5.41) is 6.28. The molecule has 4 nitrogen and oxygen atoms in total. The fourth-order valence-corrected chi connectivity index (χ4v) is 4.36. The molecule has 29 heavy (non-hydrogen) atoms. The van der Waals surface area contributed by atoms with Crippen molar-refractivity contribution in [2.45, 2.75) is 77.7 Å². The van der Waals surface area contributed by atoms with Gasteiger partial charge in [0.25, 0.3) is 0 Å². The average molecular weight is 414 g/mol. The lowest BCUT2D eigenvalue weighted by Crippen LogP contribution is -2.37. The summed E-state index contributed by atoms with van der Waals surface area (Å²) in [6.45, 7) is 15.3. The van der Waals surface area contributed by atoms with E-state index in [1.54, 1.807) is 11.3 Å². The lowest BCUT2D eigenvalue weighted by atomic mass is 9.79. The van der Waals surface area contributed by atoms with Gasteiger partial charge in [0.05, 0.1) is 0 Å². The molecule has 0 bridgehead atoms. The Morgan fingerprint density at radius 2 is 1.79 bits per heavy atom. The van der Waals surface area contributed by atoms with Crippen molar-refractivity contribution >= 4 is 22.4 Å². The third-order valence-corrected chi connectivity index (χ3v) is 6.44. The van der Waals surface area contributed by atoms with Gasteiger partial charge >= 0.3 is 0 Å². The number of hydrogen-bond acceptors (Lipinski definition) is 4. The molecule has 158 valence electrons. The summed E-state index contributed by atoms with van der Waals surface area (Å²) in [6, 6.07) is 7.11. The summed E-state index contributed by atoms with van der Waals surface area (Å²) >= 11 is 1.66. The number of carbonyl (C=O) groups excluding carboxylic acids is 1. The topological polar surface area (TPSA) is 45.2 Å². The molecular formula is C24H35N3OS. The molecule has 1 fully saturated rings. The van der Waals surface area contributed by atoms with Crippen LogP contribution in [-0.2, 0) is 22.0 Å². The summed E-state index contributed by atoms with van der Waals surface area (Å²) in [6.07, 6.45) is 4.13. The summed E-state index contributed by atoms with van der Waals surface area (Å²) in [5.41, 5.74) is 4.14. The minimum absolute atomic E-state index is 0.0986.